The van der Waals surface area contributed by atoms with Gasteiger partial charge in [-0.15, -0.1) is 0 Å². The van der Waals surface area contributed by atoms with E-state index in [-0.39, 0.29) is 0 Å². The summed E-state index contributed by atoms with van der Waals surface area (Å²) in [6, 6.07) is 4.33. The Morgan fingerprint density at radius 2 is 2.20 bits per heavy atom. The van der Waals surface area contributed by atoms with Gasteiger partial charge >= 0.3 is 0 Å². The topological polar surface area (TPSA) is 30.5 Å². The second-order valence-corrected chi connectivity index (χ2v) is 6.52. The van der Waals surface area contributed by atoms with Crippen LogP contribution < -0.4 is 10.1 Å². The number of ether oxygens (including phenoxy) is 2. The Kier molecular flexibility index (Phi) is 4.97. The van der Waals surface area contributed by atoms with Crippen molar-refractivity contribution in [2.24, 2.45) is 0 Å². The molecule has 0 radical (unpaired) electrons. The fourth-order valence-electron chi connectivity index (χ4n) is 3.00. The maximum atomic E-state index is 5.75. The molecule has 3 rings (SSSR count). The van der Waals surface area contributed by atoms with Crippen LogP contribution in [0.5, 0.6) is 5.75 Å². The summed E-state index contributed by atoms with van der Waals surface area (Å²) < 4.78 is 12.6. The van der Waals surface area contributed by atoms with Gasteiger partial charge in [0.05, 0.1) is 12.7 Å². The van der Waals surface area contributed by atoms with E-state index in [9.17, 15) is 0 Å². The van der Waals surface area contributed by atoms with E-state index < -0.39 is 0 Å². The highest BCUT2D eigenvalue weighted by Gasteiger charge is 2.17. The first-order valence-electron chi connectivity index (χ1n) is 7.59. The zero-order valence-corrected chi connectivity index (χ0v) is 13.4. The fourth-order valence-corrected chi connectivity index (χ4v) is 3.55. The van der Waals surface area contributed by atoms with Crippen molar-refractivity contribution in [2.45, 2.75) is 44.8 Å². The molecule has 1 fully saturated rings. The third-order valence-corrected chi connectivity index (χ3v) is 4.52. The number of benzene rings is 1. The van der Waals surface area contributed by atoms with Gasteiger partial charge in [-0.2, -0.15) is 0 Å². The van der Waals surface area contributed by atoms with E-state index in [0.29, 0.717) is 6.10 Å². The van der Waals surface area contributed by atoms with Crippen LogP contribution in [0.15, 0.2) is 16.6 Å². The van der Waals surface area contributed by atoms with Crippen LogP contribution in [-0.4, -0.2) is 25.9 Å². The molecule has 0 aromatic heterocycles. The molecule has 1 N–H and O–H groups in total. The van der Waals surface area contributed by atoms with Gasteiger partial charge in [-0.1, -0.05) is 15.9 Å². The van der Waals surface area contributed by atoms with E-state index in [4.69, 9.17) is 9.47 Å². The van der Waals surface area contributed by atoms with Crippen molar-refractivity contribution in [3.05, 3.63) is 27.7 Å². The molecule has 0 amide bonds. The van der Waals surface area contributed by atoms with E-state index in [1.807, 2.05) is 0 Å². The number of hydrogen-bond acceptors (Lipinski definition) is 3. The van der Waals surface area contributed by atoms with Gasteiger partial charge in [-0.25, -0.2) is 0 Å². The zero-order valence-electron chi connectivity index (χ0n) is 11.8. The summed E-state index contributed by atoms with van der Waals surface area (Å²) in [5.41, 5.74) is 2.59. The summed E-state index contributed by atoms with van der Waals surface area (Å²) >= 11 is 3.58. The summed E-state index contributed by atoms with van der Waals surface area (Å²) in [6.07, 6.45) is 6.36. The second-order valence-electron chi connectivity index (χ2n) is 5.61. The summed E-state index contributed by atoms with van der Waals surface area (Å²) in [6.45, 7) is 3.63. The fraction of sp³-hybridized carbons (Fsp3) is 0.625. The molecule has 0 aliphatic carbocycles. The lowest BCUT2D eigenvalue weighted by molar-refractivity contribution is 0.0115. The normalized spacial score (nSPS) is 21.6. The van der Waals surface area contributed by atoms with E-state index in [1.165, 1.54) is 30.4 Å². The minimum absolute atomic E-state index is 0.459. The van der Waals surface area contributed by atoms with Gasteiger partial charge in [-0.3, -0.25) is 0 Å². The highest BCUT2D eigenvalue weighted by atomic mass is 79.9. The number of rotatable bonds is 5. The van der Waals surface area contributed by atoms with Crippen LogP contribution >= 0.6 is 15.9 Å². The van der Waals surface area contributed by atoms with Crippen molar-refractivity contribution in [2.75, 3.05) is 19.8 Å². The summed E-state index contributed by atoms with van der Waals surface area (Å²) in [7, 11) is 0. The molecule has 1 aromatic rings. The molecule has 2 heterocycles. The van der Waals surface area contributed by atoms with E-state index >= 15 is 0 Å². The molecule has 3 nitrogen and oxygen atoms in total. The molecule has 0 bridgehead atoms. The predicted octanol–water partition coefficient (Wildman–Crippen LogP) is 3.43. The molecule has 1 saturated heterocycles. The first kappa shape index (κ1) is 14.4. The van der Waals surface area contributed by atoms with Crippen LogP contribution in [0.25, 0.3) is 0 Å². The minimum Gasteiger partial charge on any atom is -0.493 e. The highest BCUT2D eigenvalue weighted by Crippen LogP contribution is 2.32. The van der Waals surface area contributed by atoms with E-state index in [1.54, 1.807) is 0 Å². The number of fused-ring (bicyclic) bond motifs is 1. The Balaban J connectivity index is 1.49. The minimum atomic E-state index is 0.459. The lowest BCUT2D eigenvalue weighted by Crippen LogP contribution is -2.25. The smallest absolute Gasteiger partial charge is 0.127 e. The van der Waals surface area contributed by atoms with Crippen LogP contribution in [0.3, 0.4) is 0 Å². The lowest BCUT2D eigenvalue weighted by atomic mass is 10.1. The zero-order chi connectivity index (χ0) is 13.8. The lowest BCUT2D eigenvalue weighted by Gasteiger charge is -2.22. The summed E-state index contributed by atoms with van der Waals surface area (Å²) in [5.74, 6) is 1.09. The molecule has 20 heavy (non-hydrogen) atoms. The maximum Gasteiger partial charge on any atom is 0.127 e. The molecule has 2 aliphatic heterocycles. The van der Waals surface area contributed by atoms with Gasteiger partial charge in [-0.05, 0) is 49.9 Å². The largest absolute Gasteiger partial charge is 0.493 e. The third kappa shape index (κ3) is 3.54. The van der Waals surface area contributed by atoms with Crippen LogP contribution in [0, 0.1) is 0 Å². The Labute approximate surface area is 129 Å². The van der Waals surface area contributed by atoms with Crippen molar-refractivity contribution in [1.82, 2.24) is 5.32 Å². The number of nitrogens with one attached hydrogen (secondary N) is 1. The van der Waals surface area contributed by atoms with Crippen molar-refractivity contribution in [3.63, 3.8) is 0 Å². The predicted molar refractivity (Wildman–Crippen MR) is 83.3 cm³/mol. The van der Waals surface area contributed by atoms with Gasteiger partial charge in [0.2, 0.25) is 0 Å². The Morgan fingerprint density at radius 1 is 1.25 bits per heavy atom. The molecule has 0 spiro atoms. The average Bonchev–Trinajstić information content (AvgIpc) is 2.92. The molecule has 2 aliphatic rings. The summed E-state index contributed by atoms with van der Waals surface area (Å²) in [5, 5.41) is 3.53. The molecule has 0 saturated carbocycles. The van der Waals surface area contributed by atoms with Gasteiger partial charge in [0.25, 0.3) is 0 Å². The average molecular weight is 340 g/mol. The van der Waals surface area contributed by atoms with Gasteiger partial charge in [0.1, 0.15) is 5.75 Å². The third-order valence-electron chi connectivity index (χ3n) is 4.06. The van der Waals surface area contributed by atoms with E-state index in [0.717, 1.165) is 49.4 Å². The summed E-state index contributed by atoms with van der Waals surface area (Å²) in [4.78, 5) is 0. The molecule has 1 atom stereocenters. The Bertz CT molecular complexity index is 458. The van der Waals surface area contributed by atoms with Crippen molar-refractivity contribution in [1.29, 1.82) is 0 Å². The van der Waals surface area contributed by atoms with Crippen LogP contribution in [-0.2, 0) is 17.7 Å². The van der Waals surface area contributed by atoms with Crippen molar-refractivity contribution in [3.8, 4) is 5.75 Å². The Morgan fingerprint density at radius 3 is 3.05 bits per heavy atom. The molecular weight excluding hydrogens is 318 g/mol. The van der Waals surface area contributed by atoms with Crippen LogP contribution in [0.2, 0.25) is 0 Å². The number of hydrogen-bond donors (Lipinski definition) is 1. The molecule has 4 heteroatoms. The monoisotopic (exact) mass is 339 g/mol. The van der Waals surface area contributed by atoms with Gasteiger partial charge < -0.3 is 14.8 Å². The molecular formula is C16H22BrNO2. The number of halogens is 1. The maximum absolute atomic E-state index is 5.75. The van der Waals surface area contributed by atoms with Crippen LogP contribution in [0.4, 0.5) is 0 Å². The molecule has 1 unspecified atom stereocenters. The van der Waals surface area contributed by atoms with Crippen molar-refractivity contribution < 1.29 is 9.47 Å². The molecule has 1 aromatic carbocycles. The second kappa shape index (κ2) is 6.92. The first-order valence-corrected chi connectivity index (χ1v) is 8.38. The first-order chi connectivity index (χ1) is 9.83. The van der Waals surface area contributed by atoms with E-state index in [2.05, 4.69) is 33.4 Å². The highest BCUT2D eigenvalue weighted by molar-refractivity contribution is 9.10. The molecule has 110 valence electrons. The van der Waals surface area contributed by atoms with Gasteiger partial charge in [0.15, 0.2) is 0 Å². The van der Waals surface area contributed by atoms with Crippen molar-refractivity contribution >= 4 is 15.9 Å². The van der Waals surface area contributed by atoms with Crippen LogP contribution in [0.1, 0.15) is 36.8 Å². The van der Waals surface area contributed by atoms with Gasteiger partial charge in [0, 0.05) is 29.6 Å². The Hall–Kier alpha value is -0.580. The SMILES string of the molecule is Brc1cc2c(c(CNCCC3CCCCO3)c1)OCC2. The quantitative estimate of drug-likeness (QED) is 0.833. The standard InChI is InChI=1S/C16H22BrNO2/c17-14-9-12-5-8-20-16(12)13(10-14)11-18-6-4-15-3-1-2-7-19-15/h9-10,15,18H,1-8,11H2.